The molecule has 2 amide bonds. The van der Waals surface area contributed by atoms with Gasteiger partial charge in [0.15, 0.2) is 23.1 Å². The number of ether oxygens (including phenoxy) is 1. The highest BCUT2D eigenvalue weighted by Crippen LogP contribution is 2.38. The molecule has 5 N–H and O–H groups in total. The molecule has 2 aromatic carbocycles. The maximum Gasteiger partial charge on any atom is 0.490 e. The van der Waals surface area contributed by atoms with Crippen LogP contribution in [0.15, 0.2) is 103 Å². The third kappa shape index (κ3) is 8.29. The molecule has 4 aliphatic rings. The minimum atomic E-state index is -5.32. The number of allylic oxidation sites excluding steroid dienone is 2. The number of amides is 2. The number of aromatic nitrogens is 4. The number of fused-ring (bicyclic) bond motifs is 2. The number of nitrogens with zero attached hydrogens (tertiary/aromatic N) is 6. The van der Waals surface area contributed by atoms with Crippen molar-refractivity contribution in [3.8, 4) is 0 Å². The van der Waals surface area contributed by atoms with Crippen molar-refractivity contribution in [1.29, 1.82) is 0 Å². The molecule has 308 valence electrons. The van der Waals surface area contributed by atoms with Crippen LogP contribution in [0, 0.1) is 0 Å². The van der Waals surface area contributed by atoms with Crippen molar-refractivity contribution < 1.29 is 37.4 Å². The molecular formula is C40H41F3N10O5S. The van der Waals surface area contributed by atoms with Crippen LogP contribution in [0.2, 0.25) is 0 Å². The number of halogens is 3. The van der Waals surface area contributed by atoms with Crippen LogP contribution in [0.1, 0.15) is 49.3 Å². The van der Waals surface area contributed by atoms with E-state index in [-0.39, 0.29) is 36.4 Å². The molecule has 1 aliphatic carbocycles. The number of imidazole rings is 1. The Hall–Kier alpha value is -6.08. The van der Waals surface area contributed by atoms with E-state index >= 15 is 0 Å². The Morgan fingerprint density at radius 1 is 1.05 bits per heavy atom. The smallest absolute Gasteiger partial charge is 0.451 e. The summed E-state index contributed by atoms with van der Waals surface area (Å²) in [6, 6.07) is 17.5. The minimum absolute atomic E-state index is 0.0162. The molecule has 5 atom stereocenters. The van der Waals surface area contributed by atoms with Gasteiger partial charge in [-0.25, -0.2) is 9.78 Å². The normalized spacial score (nSPS) is 22.5. The van der Waals surface area contributed by atoms with E-state index in [1.807, 2.05) is 76.1 Å². The fourth-order valence-electron chi connectivity index (χ4n) is 7.85. The molecule has 2 aromatic heterocycles. The molecule has 0 radical (unpaired) electrons. The molecule has 0 bridgehead atoms. The van der Waals surface area contributed by atoms with E-state index in [0.717, 1.165) is 16.8 Å². The van der Waals surface area contributed by atoms with Gasteiger partial charge in [-0.2, -0.15) is 23.1 Å². The summed E-state index contributed by atoms with van der Waals surface area (Å²) in [4.78, 5) is 54.3. The number of carbonyl (C=O) groups excluding carboxylic acids is 3. The highest BCUT2D eigenvalue weighted by molar-refractivity contribution is 7.95. The summed E-state index contributed by atoms with van der Waals surface area (Å²) in [5, 5.41) is 20.8. The number of anilines is 2. The Bertz CT molecular complexity index is 2270. The number of hydrogen-bond acceptors (Lipinski definition) is 13. The second-order valence-corrected chi connectivity index (χ2v) is 15.3. The van der Waals surface area contributed by atoms with Crippen molar-refractivity contribution in [1.82, 2.24) is 39.2 Å². The van der Waals surface area contributed by atoms with E-state index in [9.17, 15) is 32.7 Å². The molecule has 3 aliphatic heterocycles. The van der Waals surface area contributed by atoms with Gasteiger partial charge >= 0.3 is 12.1 Å². The summed E-state index contributed by atoms with van der Waals surface area (Å²) in [6.45, 7) is 2.81. The number of rotatable bonds is 12. The van der Waals surface area contributed by atoms with E-state index in [0.29, 0.717) is 48.9 Å². The van der Waals surface area contributed by atoms with Gasteiger partial charge in [0.1, 0.15) is 6.10 Å². The molecule has 5 heterocycles. The Morgan fingerprint density at radius 3 is 2.47 bits per heavy atom. The summed E-state index contributed by atoms with van der Waals surface area (Å²) in [7, 11) is 0. The summed E-state index contributed by atoms with van der Waals surface area (Å²) < 4.78 is 51.3. The molecule has 1 saturated carbocycles. The first-order chi connectivity index (χ1) is 28.5. The molecule has 1 saturated heterocycles. The van der Waals surface area contributed by atoms with E-state index in [1.54, 1.807) is 25.3 Å². The van der Waals surface area contributed by atoms with Gasteiger partial charge in [0.2, 0.25) is 11.9 Å². The lowest BCUT2D eigenvalue weighted by atomic mass is 9.91. The number of nitrogens with one attached hydrogen (secondary N) is 4. The third-order valence-corrected chi connectivity index (χ3v) is 11.5. The highest BCUT2D eigenvalue weighted by Gasteiger charge is 2.51. The van der Waals surface area contributed by atoms with Crippen molar-refractivity contribution in [3.05, 3.63) is 114 Å². The van der Waals surface area contributed by atoms with Crippen LogP contribution >= 0.6 is 12.1 Å². The number of alkyl halides is 3. The summed E-state index contributed by atoms with van der Waals surface area (Å²) >= 11 is 1.36. The van der Waals surface area contributed by atoms with E-state index < -0.39 is 42.3 Å². The molecule has 0 unspecified atom stereocenters. The first-order valence-corrected chi connectivity index (χ1v) is 20.0. The second-order valence-electron chi connectivity index (χ2n) is 14.5. The zero-order valence-corrected chi connectivity index (χ0v) is 32.5. The fourth-order valence-corrected chi connectivity index (χ4v) is 8.51. The van der Waals surface area contributed by atoms with Crippen LogP contribution in [0.25, 0.3) is 11.2 Å². The fraction of sp³-hybridized carbons (Fsp3) is 0.350. The van der Waals surface area contributed by atoms with Crippen LogP contribution in [0.5, 0.6) is 0 Å². The predicted molar refractivity (Wildman–Crippen MR) is 213 cm³/mol. The first kappa shape index (κ1) is 39.7. The topological polar surface area (TPSA) is 179 Å². The van der Waals surface area contributed by atoms with Crippen molar-refractivity contribution >= 4 is 52.8 Å². The lowest BCUT2D eigenvalue weighted by Gasteiger charge is -2.24. The third-order valence-electron chi connectivity index (χ3n) is 10.8. The average Bonchev–Trinajstić information content (AvgIpc) is 4.06. The number of aliphatic hydroxyl groups excluding tert-OH is 1. The summed E-state index contributed by atoms with van der Waals surface area (Å²) in [5.74, 6) is -2.64. The maximum absolute atomic E-state index is 13.5. The number of esters is 1. The van der Waals surface area contributed by atoms with Crippen molar-refractivity contribution in [2.45, 2.75) is 68.6 Å². The number of aliphatic hydroxyl groups is 1. The minimum Gasteiger partial charge on any atom is -0.451 e. The lowest BCUT2D eigenvalue weighted by molar-refractivity contribution is -0.209. The largest absolute Gasteiger partial charge is 0.490 e. The molecular weight excluding hydrogens is 790 g/mol. The molecule has 8 rings (SSSR count). The van der Waals surface area contributed by atoms with Crippen molar-refractivity contribution in [3.63, 3.8) is 0 Å². The molecule has 59 heavy (non-hydrogen) atoms. The van der Waals surface area contributed by atoms with Gasteiger partial charge in [-0.05, 0) is 36.1 Å². The summed E-state index contributed by atoms with van der Waals surface area (Å²) in [6.07, 6.45) is 0.410. The molecule has 2 fully saturated rings. The van der Waals surface area contributed by atoms with Gasteiger partial charge in [-0.3, -0.25) is 13.9 Å². The van der Waals surface area contributed by atoms with Gasteiger partial charge in [0.25, 0.3) is 5.91 Å². The molecule has 0 spiro atoms. The van der Waals surface area contributed by atoms with E-state index in [4.69, 9.17) is 14.7 Å². The maximum atomic E-state index is 13.5. The van der Waals surface area contributed by atoms with Gasteiger partial charge in [-0.1, -0.05) is 67.6 Å². The Kier molecular flexibility index (Phi) is 11.2. The van der Waals surface area contributed by atoms with Crippen LogP contribution < -0.4 is 25.6 Å². The van der Waals surface area contributed by atoms with Crippen LogP contribution in [-0.2, 0) is 19.1 Å². The molecule has 15 nitrogen and oxygen atoms in total. The number of hydrogen-bond donors (Lipinski definition) is 5. The van der Waals surface area contributed by atoms with Crippen molar-refractivity contribution in [2.24, 2.45) is 0 Å². The van der Waals surface area contributed by atoms with E-state index in [2.05, 4.69) is 25.7 Å². The predicted octanol–water partition coefficient (Wildman–Crippen LogP) is 4.20. The van der Waals surface area contributed by atoms with Gasteiger partial charge in [0, 0.05) is 50.4 Å². The molecule has 19 heteroatoms. The zero-order valence-electron chi connectivity index (χ0n) is 31.7. The SMILES string of the molecule is CCC(=O)N[C@H]1C[C@@H](n2cnc3c(NCC(c4ccccc4)c4ccccc4)nc(N4CC[C@@H](NC(=O)C5=CC=CN6SNC=C56)C4)nc32)[C@H](O)[C@@H]1OC(=O)C(F)(F)F. The average molecular weight is 831 g/mol. The van der Waals surface area contributed by atoms with Crippen LogP contribution in [0.3, 0.4) is 0 Å². The monoisotopic (exact) mass is 830 g/mol. The Balaban J connectivity index is 1.12. The highest BCUT2D eigenvalue weighted by atomic mass is 32.2. The van der Waals surface area contributed by atoms with Gasteiger partial charge in [0.05, 0.1) is 41.8 Å². The van der Waals surface area contributed by atoms with Crippen LogP contribution in [0.4, 0.5) is 24.9 Å². The van der Waals surface area contributed by atoms with Gasteiger partial charge in [-0.15, -0.1) is 0 Å². The first-order valence-electron chi connectivity index (χ1n) is 19.2. The van der Waals surface area contributed by atoms with Crippen LogP contribution in [-0.4, -0.2) is 96.8 Å². The Morgan fingerprint density at radius 2 is 1.78 bits per heavy atom. The standard InChI is InChI=1S/C40H41F3N10O5S/c1-2-31(54)48-28-18-29(33(55)34(28)58-38(57)40(41,42)43)52-22-45-32-35(44-19-27(23-10-5-3-6-11-23)24-12-7-4-8-13-24)49-39(50-36(32)52)51-17-15-25(21-51)47-37(56)26-14-9-16-53-30(26)20-46-59-53/h3-14,16,20,22,25,27-29,33-34,46,55H,2,15,17-19,21H2,1H3,(H,47,56)(H,48,54)(H,44,49,50)/t25-,28+,29-,33+,34-/m1/s1. The van der Waals surface area contributed by atoms with Crippen molar-refractivity contribution in [2.75, 3.05) is 29.9 Å². The van der Waals surface area contributed by atoms with Gasteiger partial charge < -0.3 is 40.0 Å². The zero-order chi connectivity index (χ0) is 41.3. The Labute approximate surface area is 341 Å². The quantitative estimate of drug-likeness (QED) is 0.102. The second kappa shape index (κ2) is 16.6. The lowest BCUT2D eigenvalue weighted by Crippen LogP contribution is -2.47. The molecule has 4 aromatic rings. The summed E-state index contributed by atoms with van der Waals surface area (Å²) in [5.41, 5.74) is 3.96. The number of benzene rings is 2. The number of carbonyl (C=O) groups is 3. The van der Waals surface area contributed by atoms with E-state index in [1.165, 1.54) is 23.0 Å².